The van der Waals surface area contributed by atoms with Gasteiger partial charge in [-0.1, -0.05) is 19.4 Å². The summed E-state index contributed by atoms with van der Waals surface area (Å²) < 4.78 is 5.50. The lowest BCUT2D eigenvalue weighted by molar-refractivity contribution is 0.0566. The zero-order chi connectivity index (χ0) is 16.0. The number of rotatable bonds is 4. The number of carbonyl (C=O) groups excluding carboxylic acids is 1. The quantitative estimate of drug-likeness (QED) is 0.820. The molecule has 4 heteroatoms. The Labute approximate surface area is 127 Å². The lowest BCUT2D eigenvalue weighted by Crippen LogP contribution is -2.42. The second-order valence-corrected chi connectivity index (χ2v) is 6.15. The van der Waals surface area contributed by atoms with Crippen molar-refractivity contribution in [3.8, 4) is 6.07 Å². The second kappa shape index (κ2) is 7.12. The maximum atomic E-state index is 12.5. The average molecular weight is 288 g/mol. The molecule has 1 aromatic carbocycles. The maximum absolute atomic E-state index is 12.5. The van der Waals surface area contributed by atoms with Crippen molar-refractivity contribution in [1.29, 1.82) is 5.26 Å². The molecule has 0 fully saturated rings. The first kappa shape index (κ1) is 17.0. The number of anilines is 1. The van der Waals surface area contributed by atoms with Crippen molar-refractivity contribution in [2.75, 3.05) is 4.90 Å². The van der Waals surface area contributed by atoms with Crippen molar-refractivity contribution in [2.24, 2.45) is 0 Å². The molecule has 4 nitrogen and oxygen atoms in total. The minimum Gasteiger partial charge on any atom is -0.443 e. The smallest absolute Gasteiger partial charge is 0.415 e. The molecule has 0 aliphatic rings. The number of hydrogen-bond acceptors (Lipinski definition) is 3. The fourth-order valence-corrected chi connectivity index (χ4v) is 2.12. The van der Waals surface area contributed by atoms with E-state index in [4.69, 9.17) is 10.00 Å². The molecule has 1 amide bonds. The zero-order valence-corrected chi connectivity index (χ0v) is 13.5. The van der Waals surface area contributed by atoms with Gasteiger partial charge in [-0.2, -0.15) is 5.26 Å². The highest BCUT2D eigenvalue weighted by Gasteiger charge is 2.27. The van der Waals surface area contributed by atoms with Crippen LogP contribution in [0.4, 0.5) is 10.5 Å². The van der Waals surface area contributed by atoms with Crippen molar-refractivity contribution < 1.29 is 9.53 Å². The first-order valence-corrected chi connectivity index (χ1v) is 7.31. The van der Waals surface area contributed by atoms with Crippen LogP contribution in [-0.2, 0) is 4.74 Å². The molecule has 0 bridgehead atoms. The molecule has 114 valence electrons. The largest absolute Gasteiger partial charge is 0.443 e. The van der Waals surface area contributed by atoms with Crippen LogP contribution in [0.25, 0.3) is 0 Å². The molecule has 0 N–H and O–H groups in total. The average Bonchev–Trinajstić information content (AvgIpc) is 2.37. The van der Waals surface area contributed by atoms with Gasteiger partial charge in [-0.25, -0.2) is 4.79 Å². The minimum absolute atomic E-state index is 0.0128. The van der Waals surface area contributed by atoms with Crippen LogP contribution >= 0.6 is 0 Å². The van der Waals surface area contributed by atoms with Gasteiger partial charge >= 0.3 is 6.09 Å². The van der Waals surface area contributed by atoms with Crippen LogP contribution in [0, 0.1) is 11.3 Å². The van der Waals surface area contributed by atoms with Crippen LogP contribution in [-0.4, -0.2) is 17.7 Å². The summed E-state index contributed by atoms with van der Waals surface area (Å²) in [6, 6.07) is 9.17. The van der Waals surface area contributed by atoms with Gasteiger partial charge in [0.25, 0.3) is 0 Å². The van der Waals surface area contributed by atoms with E-state index in [1.807, 2.05) is 33.8 Å². The Hall–Kier alpha value is -2.02. The number of carbonyl (C=O) groups is 1. The van der Waals surface area contributed by atoms with E-state index in [0.29, 0.717) is 11.3 Å². The molecule has 21 heavy (non-hydrogen) atoms. The Kier molecular flexibility index (Phi) is 5.78. The van der Waals surface area contributed by atoms with Crippen molar-refractivity contribution in [3.05, 3.63) is 29.8 Å². The number of benzene rings is 1. The normalized spacial score (nSPS) is 12.4. The summed E-state index contributed by atoms with van der Waals surface area (Å²) in [7, 11) is 0. The zero-order valence-electron chi connectivity index (χ0n) is 13.5. The van der Waals surface area contributed by atoms with Gasteiger partial charge in [-0.15, -0.1) is 0 Å². The molecule has 0 aliphatic carbocycles. The van der Waals surface area contributed by atoms with Gasteiger partial charge in [0.05, 0.1) is 11.6 Å². The van der Waals surface area contributed by atoms with E-state index >= 15 is 0 Å². The van der Waals surface area contributed by atoms with Gasteiger partial charge < -0.3 is 4.74 Å². The lowest BCUT2D eigenvalue weighted by atomic mass is 10.1. The maximum Gasteiger partial charge on any atom is 0.415 e. The van der Waals surface area contributed by atoms with Gasteiger partial charge in [-0.3, -0.25) is 4.90 Å². The third-order valence-electron chi connectivity index (χ3n) is 2.99. The lowest BCUT2D eigenvalue weighted by Gasteiger charge is -2.31. The van der Waals surface area contributed by atoms with E-state index in [9.17, 15) is 4.79 Å². The fraction of sp³-hybridized carbons (Fsp3) is 0.529. The highest BCUT2D eigenvalue weighted by Crippen LogP contribution is 2.23. The SMILES string of the molecule is CCCC(C)N(C(=O)OC(C)(C)C)c1cccc(C#N)c1. The molecule has 0 saturated heterocycles. The molecule has 0 saturated carbocycles. The number of ether oxygens (including phenoxy) is 1. The summed E-state index contributed by atoms with van der Waals surface area (Å²) in [5.41, 5.74) is 0.683. The topological polar surface area (TPSA) is 53.3 Å². The molecule has 0 spiro atoms. The van der Waals surface area contributed by atoms with Gasteiger partial charge in [0.15, 0.2) is 0 Å². The summed E-state index contributed by atoms with van der Waals surface area (Å²) in [5, 5.41) is 9.03. The highest BCUT2D eigenvalue weighted by atomic mass is 16.6. The van der Waals surface area contributed by atoms with Crippen molar-refractivity contribution in [2.45, 2.75) is 59.1 Å². The highest BCUT2D eigenvalue weighted by molar-refractivity contribution is 5.88. The van der Waals surface area contributed by atoms with Crippen LogP contribution in [0.5, 0.6) is 0 Å². The van der Waals surface area contributed by atoms with E-state index in [2.05, 4.69) is 13.0 Å². The van der Waals surface area contributed by atoms with Crippen LogP contribution in [0.15, 0.2) is 24.3 Å². The van der Waals surface area contributed by atoms with Gasteiger partial charge in [0, 0.05) is 11.7 Å². The van der Waals surface area contributed by atoms with Gasteiger partial charge in [0.2, 0.25) is 0 Å². The molecule has 0 aliphatic heterocycles. The minimum atomic E-state index is -0.548. The van der Waals surface area contributed by atoms with Crippen LogP contribution in [0.2, 0.25) is 0 Å². The first-order valence-electron chi connectivity index (χ1n) is 7.31. The predicted molar refractivity (Wildman–Crippen MR) is 84.2 cm³/mol. The van der Waals surface area contributed by atoms with Crippen molar-refractivity contribution in [3.63, 3.8) is 0 Å². The Morgan fingerprint density at radius 2 is 2.10 bits per heavy atom. The summed E-state index contributed by atoms with van der Waals surface area (Å²) in [6.45, 7) is 9.61. The first-order chi connectivity index (χ1) is 9.78. The number of amides is 1. The molecule has 0 heterocycles. The fourth-order valence-electron chi connectivity index (χ4n) is 2.12. The molecule has 1 atom stereocenters. The second-order valence-electron chi connectivity index (χ2n) is 6.15. The van der Waals surface area contributed by atoms with Crippen LogP contribution in [0.1, 0.15) is 53.0 Å². The number of nitrogens with zero attached hydrogens (tertiary/aromatic N) is 2. The third kappa shape index (κ3) is 5.11. The summed E-state index contributed by atoms with van der Waals surface area (Å²) in [6.07, 6.45) is 1.47. The van der Waals surface area contributed by atoms with E-state index in [0.717, 1.165) is 12.8 Å². The van der Waals surface area contributed by atoms with E-state index in [1.54, 1.807) is 23.1 Å². The van der Waals surface area contributed by atoms with Crippen molar-refractivity contribution >= 4 is 11.8 Å². The molecule has 0 radical (unpaired) electrons. The summed E-state index contributed by atoms with van der Waals surface area (Å²) in [5.74, 6) is 0. The van der Waals surface area contributed by atoms with Crippen LogP contribution < -0.4 is 4.90 Å². The molecule has 1 unspecified atom stereocenters. The van der Waals surface area contributed by atoms with E-state index < -0.39 is 5.60 Å². The molecule has 1 rings (SSSR count). The van der Waals surface area contributed by atoms with Crippen molar-refractivity contribution in [1.82, 2.24) is 0 Å². The number of nitriles is 1. The Morgan fingerprint density at radius 1 is 1.43 bits per heavy atom. The Morgan fingerprint density at radius 3 is 2.62 bits per heavy atom. The van der Waals surface area contributed by atoms with E-state index in [-0.39, 0.29) is 12.1 Å². The van der Waals surface area contributed by atoms with Gasteiger partial charge in [0.1, 0.15) is 5.60 Å². The van der Waals surface area contributed by atoms with Crippen LogP contribution in [0.3, 0.4) is 0 Å². The third-order valence-corrected chi connectivity index (χ3v) is 2.99. The monoisotopic (exact) mass is 288 g/mol. The molecule has 0 aromatic heterocycles. The summed E-state index contributed by atoms with van der Waals surface area (Å²) >= 11 is 0. The molecular weight excluding hydrogens is 264 g/mol. The van der Waals surface area contributed by atoms with E-state index in [1.165, 1.54) is 0 Å². The standard InChI is InChI=1S/C17H24N2O2/c1-6-8-13(2)19(16(20)21-17(3,4)5)15-10-7-9-14(11-15)12-18/h7,9-11,13H,6,8H2,1-5H3. The Balaban J connectivity index is 3.13. The number of hydrogen-bond donors (Lipinski definition) is 0. The Bertz CT molecular complexity index is 526. The van der Waals surface area contributed by atoms with Gasteiger partial charge in [-0.05, 0) is 52.3 Å². The molecular formula is C17H24N2O2. The predicted octanol–water partition coefficient (Wildman–Crippen LogP) is 4.49. The summed E-state index contributed by atoms with van der Waals surface area (Å²) in [4.78, 5) is 14.1. The molecule has 1 aromatic rings.